The lowest BCUT2D eigenvalue weighted by molar-refractivity contribution is -0.118. The number of hydrogen-bond acceptors (Lipinski definition) is 3. The molecule has 4 nitrogen and oxygen atoms in total. The van der Waals surface area contributed by atoms with Crippen molar-refractivity contribution < 1.29 is 4.79 Å². The third-order valence-corrected chi connectivity index (χ3v) is 3.72. The number of rotatable bonds is 5. The van der Waals surface area contributed by atoms with E-state index in [1.54, 1.807) is 4.90 Å². The molecule has 0 radical (unpaired) electrons. The predicted octanol–water partition coefficient (Wildman–Crippen LogP) is 1.64. The van der Waals surface area contributed by atoms with Crippen molar-refractivity contribution in [2.75, 3.05) is 43.5 Å². The van der Waals surface area contributed by atoms with Gasteiger partial charge in [0.15, 0.2) is 0 Å². The zero-order valence-electron chi connectivity index (χ0n) is 12.1. The maximum Gasteiger partial charge on any atom is 0.227 e. The maximum atomic E-state index is 11.7. The summed E-state index contributed by atoms with van der Waals surface area (Å²) >= 11 is 0. The lowest BCUT2D eigenvalue weighted by Crippen LogP contribution is -2.32. The molecule has 104 valence electrons. The highest BCUT2D eigenvalue weighted by Crippen LogP contribution is 2.30. The van der Waals surface area contributed by atoms with Crippen molar-refractivity contribution in [3.05, 3.63) is 23.8 Å². The van der Waals surface area contributed by atoms with E-state index in [1.807, 2.05) is 7.05 Å². The smallest absolute Gasteiger partial charge is 0.227 e. The van der Waals surface area contributed by atoms with Crippen LogP contribution >= 0.6 is 0 Å². The van der Waals surface area contributed by atoms with Gasteiger partial charge >= 0.3 is 0 Å². The first kappa shape index (κ1) is 13.9. The quantitative estimate of drug-likeness (QED) is 0.819. The Morgan fingerprint density at radius 3 is 2.89 bits per heavy atom. The van der Waals surface area contributed by atoms with E-state index in [9.17, 15) is 4.79 Å². The van der Waals surface area contributed by atoms with Crippen LogP contribution in [0.25, 0.3) is 0 Å². The maximum absolute atomic E-state index is 11.7. The van der Waals surface area contributed by atoms with Crippen LogP contribution in [-0.2, 0) is 11.2 Å². The van der Waals surface area contributed by atoms with Crippen molar-refractivity contribution >= 4 is 17.3 Å². The molecule has 2 rings (SSSR count). The van der Waals surface area contributed by atoms with Crippen LogP contribution < -0.4 is 15.1 Å². The van der Waals surface area contributed by atoms with E-state index in [2.05, 4.69) is 42.4 Å². The minimum atomic E-state index is 0.209. The van der Waals surface area contributed by atoms with E-state index in [0.29, 0.717) is 6.42 Å². The Kier molecular flexibility index (Phi) is 4.43. The van der Waals surface area contributed by atoms with Crippen LogP contribution in [0.2, 0.25) is 0 Å². The highest BCUT2D eigenvalue weighted by molar-refractivity contribution is 5.96. The van der Waals surface area contributed by atoms with Gasteiger partial charge in [-0.1, -0.05) is 6.92 Å². The zero-order valence-corrected chi connectivity index (χ0v) is 12.1. The molecule has 0 saturated carbocycles. The lowest BCUT2D eigenvalue weighted by Gasteiger charge is -2.28. The predicted molar refractivity (Wildman–Crippen MR) is 80.0 cm³/mol. The van der Waals surface area contributed by atoms with E-state index in [0.717, 1.165) is 31.7 Å². The molecule has 0 aliphatic carbocycles. The lowest BCUT2D eigenvalue weighted by atomic mass is 10.0. The van der Waals surface area contributed by atoms with Crippen molar-refractivity contribution in [3.8, 4) is 0 Å². The van der Waals surface area contributed by atoms with Crippen molar-refractivity contribution in [1.29, 1.82) is 0 Å². The number of carbonyl (C=O) groups excluding carboxylic acids is 1. The Balaban J connectivity index is 2.10. The van der Waals surface area contributed by atoms with Gasteiger partial charge in [-0.05, 0) is 36.7 Å². The standard InChI is InChI=1S/C15H23N3O/c1-4-16-9-10-17(2)13-6-7-14-12(11-13)5-8-15(19)18(14)3/h6-7,11,16H,4-5,8-10H2,1-3H3. The Labute approximate surface area is 115 Å². The molecular formula is C15H23N3O. The SMILES string of the molecule is CCNCCN(C)c1ccc2c(c1)CCC(=O)N2C. The Hall–Kier alpha value is -1.55. The van der Waals surface area contributed by atoms with E-state index in [4.69, 9.17) is 0 Å². The molecule has 1 amide bonds. The largest absolute Gasteiger partial charge is 0.373 e. The molecule has 4 heteroatoms. The fraction of sp³-hybridized carbons (Fsp3) is 0.533. The summed E-state index contributed by atoms with van der Waals surface area (Å²) in [5, 5.41) is 3.33. The molecule has 0 spiro atoms. The molecule has 0 bridgehead atoms. The molecule has 19 heavy (non-hydrogen) atoms. The molecular weight excluding hydrogens is 238 g/mol. The van der Waals surface area contributed by atoms with Crippen LogP contribution in [0.15, 0.2) is 18.2 Å². The molecule has 0 aromatic heterocycles. The highest BCUT2D eigenvalue weighted by Gasteiger charge is 2.21. The van der Waals surface area contributed by atoms with Gasteiger partial charge in [0.25, 0.3) is 0 Å². The van der Waals surface area contributed by atoms with Crippen molar-refractivity contribution in [1.82, 2.24) is 5.32 Å². The summed E-state index contributed by atoms with van der Waals surface area (Å²) in [6.07, 6.45) is 1.47. The summed E-state index contributed by atoms with van der Waals surface area (Å²) in [5.74, 6) is 0.209. The molecule has 1 aliphatic heterocycles. The van der Waals surface area contributed by atoms with Crippen LogP contribution in [0.1, 0.15) is 18.9 Å². The average Bonchev–Trinajstić information content (AvgIpc) is 2.43. The van der Waals surface area contributed by atoms with Crippen LogP contribution in [0.4, 0.5) is 11.4 Å². The number of anilines is 2. The highest BCUT2D eigenvalue weighted by atomic mass is 16.2. The molecule has 1 aromatic rings. The second kappa shape index (κ2) is 6.06. The fourth-order valence-corrected chi connectivity index (χ4v) is 2.43. The van der Waals surface area contributed by atoms with E-state index >= 15 is 0 Å². The molecule has 1 heterocycles. The number of fused-ring (bicyclic) bond motifs is 1. The number of amides is 1. The molecule has 0 atom stereocenters. The normalized spacial score (nSPS) is 14.5. The van der Waals surface area contributed by atoms with Crippen LogP contribution in [0.3, 0.4) is 0 Å². The molecule has 0 unspecified atom stereocenters. The van der Waals surface area contributed by atoms with Crippen LogP contribution in [-0.4, -0.2) is 39.6 Å². The van der Waals surface area contributed by atoms with Gasteiger partial charge in [0.1, 0.15) is 0 Å². The Morgan fingerprint density at radius 1 is 1.37 bits per heavy atom. The summed E-state index contributed by atoms with van der Waals surface area (Å²) in [6.45, 7) is 5.10. The van der Waals surface area contributed by atoms with Gasteiger partial charge in [-0.2, -0.15) is 0 Å². The Morgan fingerprint density at radius 2 is 2.16 bits per heavy atom. The second-order valence-electron chi connectivity index (χ2n) is 5.04. The van der Waals surface area contributed by atoms with E-state index in [-0.39, 0.29) is 5.91 Å². The van der Waals surface area contributed by atoms with Gasteiger partial charge in [0.2, 0.25) is 5.91 Å². The monoisotopic (exact) mass is 261 g/mol. The first-order valence-electron chi connectivity index (χ1n) is 6.94. The number of aryl methyl sites for hydroxylation is 1. The Bertz CT molecular complexity index is 459. The van der Waals surface area contributed by atoms with Crippen molar-refractivity contribution in [2.45, 2.75) is 19.8 Å². The summed E-state index contributed by atoms with van der Waals surface area (Å²) in [4.78, 5) is 15.7. The third kappa shape index (κ3) is 3.07. The number of carbonyl (C=O) groups is 1. The van der Waals surface area contributed by atoms with Gasteiger partial charge in [-0.25, -0.2) is 0 Å². The van der Waals surface area contributed by atoms with Crippen LogP contribution in [0, 0.1) is 0 Å². The van der Waals surface area contributed by atoms with Crippen LogP contribution in [0.5, 0.6) is 0 Å². The van der Waals surface area contributed by atoms with Crippen molar-refractivity contribution in [3.63, 3.8) is 0 Å². The number of nitrogens with zero attached hydrogens (tertiary/aromatic N) is 2. The van der Waals surface area contributed by atoms with Gasteiger partial charge in [0.05, 0.1) is 0 Å². The fourth-order valence-electron chi connectivity index (χ4n) is 2.43. The topological polar surface area (TPSA) is 35.6 Å². The summed E-state index contributed by atoms with van der Waals surface area (Å²) < 4.78 is 0. The molecule has 1 N–H and O–H groups in total. The van der Waals surface area contributed by atoms with E-state index < -0.39 is 0 Å². The molecule has 0 fully saturated rings. The van der Waals surface area contributed by atoms with Crippen molar-refractivity contribution in [2.24, 2.45) is 0 Å². The summed E-state index contributed by atoms with van der Waals surface area (Å²) in [7, 11) is 3.96. The molecule has 0 saturated heterocycles. The molecule has 1 aromatic carbocycles. The zero-order chi connectivity index (χ0) is 13.8. The molecule has 1 aliphatic rings. The minimum absolute atomic E-state index is 0.209. The minimum Gasteiger partial charge on any atom is -0.373 e. The average molecular weight is 261 g/mol. The second-order valence-corrected chi connectivity index (χ2v) is 5.04. The van der Waals surface area contributed by atoms with Gasteiger partial charge in [-0.15, -0.1) is 0 Å². The number of nitrogens with one attached hydrogen (secondary N) is 1. The van der Waals surface area contributed by atoms with Gasteiger partial charge < -0.3 is 15.1 Å². The third-order valence-electron chi connectivity index (χ3n) is 3.72. The van der Waals surface area contributed by atoms with Gasteiger partial charge in [0, 0.05) is 45.0 Å². The summed E-state index contributed by atoms with van der Waals surface area (Å²) in [5.41, 5.74) is 3.55. The number of benzene rings is 1. The van der Waals surface area contributed by atoms with Gasteiger partial charge in [-0.3, -0.25) is 4.79 Å². The number of likely N-dealkylation sites (N-methyl/N-ethyl adjacent to an activating group) is 2. The first-order valence-corrected chi connectivity index (χ1v) is 6.94. The number of hydrogen-bond donors (Lipinski definition) is 1. The van der Waals surface area contributed by atoms with E-state index in [1.165, 1.54) is 11.3 Å². The summed E-state index contributed by atoms with van der Waals surface area (Å²) in [6, 6.07) is 6.37. The first-order chi connectivity index (χ1) is 9.13.